The average Bonchev–Trinajstić information content (AvgIpc) is 3.35. The Labute approximate surface area is 137 Å². The van der Waals surface area contributed by atoms with Crippen molar-refractivity contribution in [2.24, 2.45) is 0 Å². The van der Waals surface area contributed by atoms with Crippen LogP contribution in [-0.4, -0.2) is 61.9 Å². The maximum atomic E-state index is 12.3. The number of hydrogen-bond donors (Lipinski definition) is 0. The predicted molar refractivity (Wildman–Crippen MR) is 83.8 cm³/mol. The van der Waals surface area contributed by atoms with Gasteiger partial charge in [-0.25, -0.2) is 9.67 Å². The molecule has 122 valence electrons. The molecule has 1 aliphatic rings. The molecule has 1 fully saturated rings. The minimum absolute atomic E-state index is 0.0766. The zero-order valence-electron chi connectivity index (χ0n) is 12.8. The van der Waals surface area contributed by atoms with E-state index in [0.29, 0.717) is 37.8 Å². The van der Waals surface area contributed by atoms with E-state index in [-0.39, 0.29) is 5.91 Å². The number of carbonyl (C=O) groups is 1. The summed E-state index contributed by atoms with van der Waals surface area (Å²) in [6.45, 7) is 2.63. The van der Waals surface area contributed by atoms with Crippen LogP contribution in [0.3, 0.4) is 0 Å². The van der Waals surface area contributed by atoms with Crippen molar-refractivity contribution in [3.8, 4) is 5.82 Å². The van der Waals surface area contributed by atoms with Crippen LogP contribution in [0.2, 0.25) is 0 Å². The van der Waals surface area contributed by atoms with Gasteiger partial charge in [-0.3, -0.25) is 4.79 Å². The first-order valence-electron chi connectivity index (χ1n) is 7.58. The number of furan rings is 1. The summed E-state index contributed by atoms with van der Waals surface area (Å²) >= 11 is 0. The zero-order chi connectivity index (χ0) is 16.4. The fourth-order valence-corrected chi connectivity index (χ4v) is 2.63. The van der Waals surface area contributed by atoms with Gasteiger partial charge < -0.3 is 14.2 Å². The molecule has 0 N–H and O–H groups in total. The highest BCUT2D eigenvalue weighted by Gasteiger charge is 2.24. The Hall–Kier alpha value is -3.23. The van der Waals surface area contributed by atoms with Crippen LogP contribution < -0.4 is 4.90 Å². The molecule has 1 amide bonds. The first-order valence-corrected chi connectivity index (χ1v) is 7.58. The topological polar surface area (TPSA) is 93.2 Å². The Bertz CT molecular complexity index is 791. The van der Waals surface area contributed by atoms with Gasteiger partial charge in [0.2, 0.25) is 0 Å². The van der Waals surface area contributed by atoms with Crippen molar-refractivity contribution < 1.29 is 9.21 Å². The highest BCUT2D eigenvalue weighted by molar-refractivity contribution is 5.91. The van der Waals surface area contributed by atoms with E-state index in [1.54, 1.807) is 28.0 Å². The lowest BCUT2D eigenvalue weighted by Gasteiger charge is -2.34. The maximum absolute atomic E-state index is 12.3. The number of hydrogen-bond acceptors (Lipinski definition) is 7. The Morgan fingerprint density at radius 3 is 2.46 bits per heavy atom. The summed E-state index contributed by atoms with van der Waals surface area (Å²) in [4.78, 5) is 20.0. The van der Waals surface area contributed by atoms with Crippen molar-refractivity contribution in [3.05, 3.63) is 48.9 Å². The minimum atomic E-state index is -0.0766. The Balaban J connectivity index is 1.40. The van der Waals surface area contributed by atoms with Crippen molar-refractivity contribution >= 4 is 11.7 Å². The lowest BCUT2D eigenvalue weighted by atomic mass is 10.3. The van der Waals surface area contributed by atoms with Crippen molar-refractivity contribution in [3.63, 3.8) is 0 Å². The molecule has 9 heteroatoms. The summed E-state index contributed by atoms with van der Waals surface area (Å²) in [5, 5.41) is 12.4. The number of amides is 1. The third-order valence-electron chi connectivity index (χ3n) is 3.91. The Morgan fingerprint density at radius 2 is 1.83 bits per heavy atom. The van der Waals surface area contributed by atoms with E-state index in [1.807, 2.05) is 12.1 Å². The Kier molecular flexibility index (Phi) is 3.66. The zero-order valence-corrected chi connectivity index (χ0v) is 12.8. The highest BCUT2D eigenvalue weighted by Crippen LogP contribution is 2.15. The van der Waals surface area contributed by atoms with Gasteiger partial charge in [0.15, 0.2) is 17.4 Å². The number of nitrogens with zero attached hydrogens (tertiary/aromatic N) is 7. The number of anilines is 1. The van der Waals surface area contributed by atoms with Gasteiger partial charge in [-0.15, -0.1) is 10.2 Å². The molecule has 9 nitrogen and oxygen atoms in total. The molecule has 0 spiro atoms. The van der Waals surface area contributed by atoms with E-state index >= 15 is 0 Å². The van der Waals surface area contributed by atoms with Crippen LogP contribution in [0.5, 0.6) is 0 Å². The molecule has 0 aromatic carbocycles. The van der Waals surface area contributed by atoms with E-state index in [9.17, 15) is 4.79 Å². The molecule has 24 heavy (non-hydrogen) atoms. The molecule has 0 bridgehead atoms. The molecule has 0 unspecified atom stereocenters. The minimum Gasteiger partial charge on any atom is -0.459 e. The SMILES string of the molecule is O=C(c1ccco1)N1CCN(c2ccc(-n3cncn3)nn2)CC1. The summed E-state index contributed by atoms with van der Waals surface area (Å²) in [5.74, 6) is 1.69. The lowest BCUT2D eigenvalue weighted by Crippen LogP contribution is -2.49. The first-order chi connectivity index (χ1) is 11.8. The van der Waals surface area contributed by atoms with E-state index in [4.69, 9.17) is 4.42 Å². The van der Waals surface area contributed by atoms with Crippen LogP contribution >= 0.6 is 0 Å². The van der Waals surface area contributed by atoms with Gasteiger partial charge in [0, 0.05) is 26.2 Å². The van der Waals surface area contributed by atoms with E-state index < -0.39 is 0 Å². The third kappa shape index (κ3) is 2.71. The van der Waals surface area contributed by atoms with Gasteiger partial charge in [0.05, 0.1) is 6.26 Å². The molecule has 0 aliphatic carbocycles. The van der Waals surface area contributed by atoms with E-state index in [2.05, 4.69) is 25.2 Å². The van der Waals surface area contributed by atoms with Gasteiger partial charge in [0.1, 0.15) is 12.7 Å². The van der Waals surface area contributed by atoms with Crippen LogP contribution in [0.15, 0.2) is 47.6 Å². The van der Waals surface area contributed by atoms with Gasteiger partial charge in [-0.1, -0.05) is 0 Å². The molecule has 4 heterocycles. The fraction of sp³-hybridized carbons (Fsp3) is 0.267. The molecular formula is C15H15N7O2. The molecule has 0 atom stereocenters. The molecular weight excluding hydrogens is 310 g/mol. The van der Waals surface area contributed by atoms with Crippen LogP contribution in [0, 0.1) is 0 Å². The standard InChI is InChI=1S/C15H15N7O2/c23-15(12-2-1-9-24-12)21-7-5-20(6-8-21)13-3-4-14(19-18-13)22-11-16-10-17-22/h1-4,9-11H,5-8H2. The number of piperazine rings is 1. The molecule has 3 aromatic heterocycles. The lowest BCUT2D eigenvalue weighted by molar-refractivity contribution is 0.0714. The summed E-state index contributed by atoms with van der Waals surface area (Å²) in [5.41, 5.74) is 0. The maximum Gasteiger partial charge on any atom is 0.289 e. The third-order valence-corrected chi connectivity index (χ3v) is 3.91. The molecule has 3 aromatic rings. The molecule has 4 rings (SSSR count). The van der Waals surface area contributed by atoms with Gasteiger partial charge >= 0.3 is 0 Å². The second kappa shape index (κ2) is 6.11. The van der Waals surface area contributed by atoms with Crippen molar-refractivity contribution in [1.29, 1.82) is 0 Å². The van der Waals surface area contributed by atoms with Crippen LogP contribution in [0.25, 0.3) is 5.82 Å². The fourth-order valence-electron chi connectivity index (χ4n) is 2.63. The molecule has 0 saturated carbocycles. The van der Waals surface area contributed by atoms with E-state index in [0.717, 1.165) is 5.82 Å². The monoisotopic (exact) mass is 325 g/mol. The van der Waals surface area contributed by atoms with Gasteiger partial charge in [0.25, 0.3) is 5.91 Å². The van der Waals surface area contributed by atoms with Crippen molar-refractivity contribution in [1.82, 2.24) is 29.9 Å². The van der Waals surface area contributed by atoms with Crippen molar-refractivity contribution in [2.75, 3.05) is 31.1 Å². The van der Waals surface area contributed by atoms with Gasteiger partial charge in [-0.2, -0.15) is 5.10 Å². The quantitative estimate of drug-likeness (QED) is 0.696. The predicted octanol–water partition coefficient (Wildman–Crippen LogP) is 0.613. The smallest absolute Gasteiger partial charge is 0.289 e. The second-order valence-electron chi connectivity index (χ2n) is 5.35. The second-order valence-corrected chi connectivity index (χ2v) is 5.35. The number of aromatic nitrogens is 5. The first kappa shape index (κ1) is 14.4. The summed E-state index contributed by atoms with van der Waals surface area (Å²) in [6, 6.07) is 7.14. The van der Waals surface area contributed by atoms with E-state index in [1.165, 1.54) is 12.6 Å². The summed E-state index contributed by atoms with van der Waals surface area (Å²) in [6.07, 6.45) is 4.53. The van der Waals surface area contributed by atoms with Crippen molar-refractivity contribution in [2.45, 2.75) is 0 Å². The van der Waals surface area contributed by atoms with Crippen LogP contribution in [-0.2, 0) is 0 Å². The normalized spacial score (nSPS) is 14.8. The largest absolute Gasteiger partial charge is 0.459 e. The summed E-state index contributed by atoms with van der Waals surface area (Å²) < 4.78 is 6.72. The summed E-state index contributed by atoms with van der Waals surface area (Å²) in [7, 11) is 0. The van der Waals surface area contributed by atoms with Crippen LogP contribution in [0.4, 0.5) is 5.82 Å². The molecule has 1 aliphatic heterocycles. The average molecular weight is 325 g/mol. The van der Waals surface area contributed by atoms with Crippen LogP contribution in [0.1, 0.15) is 10.6 Å². The Morgan fingerprint density at radius 1 is 1.04 bits per heavy atom. The van der Waals surface area contributed by atoms with Gasteiger partial charge in [-0.05, 0) is 24.3 Å². The molecule has 0 radical (unpaired) electrons. The number of rotatable bonds is 3. The number of carbonyl (C=O) groups excluding carboxylic acids is 1. The highest BCUT2D eigenvalue weighted by atomic mass is 16.3. The molecule has 1 saturated heterocycles.